The molecule has 1 aromatic rings. The van der Waals surface area contributed by atoms with Gasteiger partial charge >= 0.3 is 5.97 Å². The second kappa shape index (κ2) is 9.04. The highest BCUT2D eigenvalue weighted by Gasteiger charge is 2.02. The van der Waals surface area contributed by atoms with E-state index in [1.807, 2.05) is 30.0 Å². The van der Waals surface area contributed by atoms with Crippen LogP contribution in [0.5, 0.6) is 5.75 Å². The molecule has 0 aromatic heterocycles. The summed E-state index contributed by atoms with van der Waals surface area (Å²) >= 11 is 5.25. The molecule has 0 saturated carbocycles. The van der Waals surface area contributed by atoms with E-state index in [0.29, 0.717) is 12.4 Å². The number of carbonyl (C=O) groups is 1. The largest absolute Gasteiger partial charge is 0.493 e. The first kappa shape index (κ1) is 16.1. The van der Waals surface area contributed by atoms with E-state index in [1.54, 1.807) is 6.08 Å². The molecule has 1 aromatic carbocycles. The van der Waals surface area contributed by atoms with Gasteiger partial charge in [0.1, 0.15) is 5.75 Å². The molecule has 1 N–H and O–H groups in total. The van der Waals surface area contributed by atoms with E-state index in [4.69, 9.17) is 9.84 Å². The Morgan fingerprint density at radius 2 is 2.32 bits per heavy atom. The lowest BCUT2D eigenvalue weighted by atomic mass is 10.2. The van der Waals surface area contributed by atoms with Gasteiger partial charge in [0.2, 0.25) is 0 Å². The van der Waals surface area contributed by atoms with Gasteiger partial charge in [0.15, 0.2) is 0 Å². The highest BCUT2D eigenvalue weighted by Crippen LogP contribution is 2.24. The molecule has 3 nitrogen and oxygen atoms in total. The van der Waals surface area contributed by atoms with Crippen molar-refractivity contribution in [3.8, 4) is 5.75 Å². The quantitative estimate of drug-likeness (QED) is 0.570. The molecular formula is C14H17BrO3S. The molecular weight excluding hydrogens is 328 g/mol. The Morgan fingerprint density at radius 3 is 3.00 bits per heavy atom. The number of carboxylic acid groups (broad SMARTS) is 1. The zero-order chi connectivity index (χ0) is 14.1. The molecule has 0 amide bonds. The Hall–Kier alpha value is -0.940. The Bertz CT molecular complexity index is 446. The number of aliphatic carboxylic acids is 1. The number of hydrogen-bond acceptors (Lipinski definition) is 3. The number of halogens is 1. The first-order valence-corrected chi connectivity index (χ1v) is 7.99. The summed E-state index contributed by atoms with van der Waals surface area (Å²) in [5.41, 5.74) is 0.764. The normalized spacial score (nSPS) is 10.8. The molecule has 0 atom stereocenters. The fourth-order valence-electron chi connectivity index (χ4n) is 1.43. The standard InChI is InChI=1S/C14H17BrO3S/c1-2-19-9-3-8-18-13-6-5-12(15)10-11(13)4-7-14(16)17/h4-7,10H,2-3,8-9H2,1H3,(H,16,17)/b7-4+. The average molecular weight is 345 g/mol. The summed E-state index contributed by atoms with van der Waals surface area (Å²) in [6.07, 6.45) is 3.64. The van der Waals surface area contributed by atoms with Gasteiger partial charge in [0.05, 0.1) is 6.61 Å². The van der Waals surface area contributed by atoms with Crippen LogP contribution in [0.1, 0.15) is 18.9 Å². The van der Waals surface area contributed by atoms with E-state index in [1.165, 1.54) is 0 Å². The third-order valence-electron chi connectivity index (χ3n) is 2.27. The number of rotatable bonds is 8. The van der Waals surface area contributed by atoms with Gasteiger partial charge in [0, 0.05) is 16.1 Å². The number of benzene rings is 1. The van der Waals surface area contributed by atoms with Crippen molar-refractivity contribution < 1.29 is 14.6 Å². The molecule has 19 heavy (non-hydrogen) atoms. The molecule has 0 radical (unpaired) electrons. The first-order valence-electron chi connectivity index (χ1n) is 6.04. The van der Waals surface area contributed by atoms with Gasteiger partial charge in [-0.25, -0.2) is 4.79 Å². The number of hydrogen-bond donors (Lipinski definition) is 1. The predicted molar refractivity (Wildman–Crippen MR) is 83.9 cm³/mol. The Labute approximate surface area is 126 Å². The van der Waals surface area contributed by atoms with Gasteiger partial charge in [0.25, 0.3) is 0 Å². The van der Waals surface area contributed by atoms with Gasteiger partial charge in [-0.3, -0.25) is 0 Å². The van der Waals surface area contributed by atoms with Crippen LogP contribution in [-0.4, -0.2) is 29.2 Å². The van der Waals surface area contributed by atoms with Crippen molar-refractivity contribution in [3.63, 3.8) is 0 Å². The lowest BCUT2D eigenvalue weighted by Crippen LogP contribution is -2.00. The van der Waals surface area contributed by atoms with Crippen molar-refractivity contribution in [2.24, 2.45) is 0 Å². The van der Waals surface area contributed by atoms with Crippen LogP contribution in [-0.2, 0) is 4.79 Å². The molecule has 0 spiro atoms. The third kappa shape index (κ3) is 6.68. The minimum Gasteiger partial charge on any atom is -0.493 e. The molecule has 5 heteroatoms. The van der Waals surface area contributed by atoms with Gasteiger partial charge in [-0.1, -0.05) is 22.9 Å². The highest BCUT2D eigenvalue weighted by atomic mass is 79.9. The minimum absolute atomic E-state index is 0.641. The van der Waals surface area contributed by atoms with E-state index in [9.17, 15) is 4.79 Å². The maximum absolute atomic E-state index is 10.6. The fourth-order valence-corrected chi connectivity index (χ4v) is 2.42. The molecule has 0 unspecified atom stereocenters. The summed E-state index contributed by atoms with van der Waals surface area (Å²) in [4.78, 5) is 10.6. The van der Waals surface area contributed by atoms with Crippen molar-refractivity contribution in [2.75, 3.05) is 18.1 Å². The average Bonchev–Trinajstić information content (AvgIpc) is 2.38. The molecule has 0 heterocycles. The summed E-state index contributed by atoms with van der Waals surface area (Å²) in [5, 5.41) is 8.67. The van der Waals surface area contributed by atoms with Crippen molar-refractivity contribution in [2.45, 2.75) is 13.3 Å². The SMILES string of the molecule is CCSCCCOc1ccc(Br)cc1/C=C/C(=O)O. The molecule has 0 aliphatic heterocycles. The maximum Gasteiger partial charge on any atom is 0.328 e. The van der Waals surface area contributed by atoms with Crippen LogP contribution in [0, 0.1) is 0 Å². The number of ether oxygens (including phenoxy) is 1. The van der Waals surface area contributed by atoms with E-state index in [-0.39, 0.29) is 0 Å². The molecule has 0 fully saturated rings. The molecule has 0 bridgehead atoms. The Balaban J connectivity index is 2.63. The summed E-state index contributed by atoms with van der Waals surface area (Å²) < 4.78 is 6.59. The molecule has 104 valence electrons. The lowest BCUT2D eigenvalue weighted by molar-refractivity contribution is -0.131. The monoisotopic (exact) mass is 344 g/mol. The summed E-state index contributed by atoms with van der Waals surface area (Å²) in [6.45, 7) is 2.78. The van der Waals surface area contributed by atoms with Gasteiger partial charge in [-0.2, -0.15) is 11.8 Å². The van der Waals surface area contributed by atoms with Crippen LogP contribution < -0.4 is 4.74 Å². The first-order chi connectivity index (χ1) is 9.13. The lowest BCUT2D eigenvalue weighted by Gasteiger charge is -2.09. The molecule has 1 rings (SSSR count). The van der Waals surface area contributed by atoms with Crippen LogP contribution in [0.4, 0.5) is 0 Å². The van der Waals surface area contributed by atoms with Crippen LogP contribution in [0.3, 0.4) is 0 Å². The van der Waals surface area contributed by atoms with Crippen LogP contribution in [0.15, 0.2) is 28.7 Å². The zero-order valence-corrected chi connectivity index (χ0v) is 13.2. The fraction of sp³-hybridized carbons (Fsp3) is 0.357. The van der Waals surface area contributed by atoms with Gasteiger partial charge in [-0.15, -0.1) is 0 Å². The van der Waals surface area contributed by atoms with Crippen molar-refractivity contribution in [1.82, 2.24) is 0 Å². The highest BCUT2D eigenvalue weighted by molar-refractivity contribution is 9.10. The van der Waals surface area contributed by atoms with Gasteiger partial charge in [-0.05, 0) is 42.2 Å². The van der Waals surface area contributed by atoms with E-state index < -0.39 is 5.97 Å². The van der Waals surface area contributed by atoms with Crippen LogP contribution in [0.25, 0.3) is 6.08 Å². The van der Waals surface area contributed by atoms with Crippen LogP contribution >= 0.6 is 27.7 Å². The van der Waals surface area contributed by atoms with E-state index in [2.05, 4.69) is 22.9 Å². The molecule has 0 aliphatic rings. The van der Waals surface area contributed by atoms with E-state index in [0.717, 1.165) is 34.0 Å². The Morgan fingerprint density at radius 1 is 1.53 bits per heavy atom. The number of thioether (sulfide) groups is 1. The Kier molecular flexibility index (Phi) is 7.67. The van der Waals surface area contributed by atoms with Crippen molar-refractivity contribution in [3.05, 3.63) is 34.3 Å². The minimum atomic E-state index is -0.967. The topological polar surface area (TPSA) is 46.5 Å². The smallest absolute Gasteiger partial charge is 0.328 e. The predicted octanol–water partition coefficient (Wildman–Crippen LogP) is 4.07. The van der Waals surface area contributed by atoms with Crippen LogP contribution in [0.2, 0.25) is 0 Å². The second-order valence-electron chi connectivity index (χ2n) is 3.75. The van der Waals surface area contributed by atoms with Gasteiger partial charge < -0.3 is 9.84 Å². The summed E-state index contributed by atoms with van der Waals surface area (Å²) in [5.74, 6) is 1.94. The zero-order valence-electron chi connectivity index (χ0n) is 10.8. The summed E-state index contributed by atoms with van der Waals surface area (Å²) in [6, 6.07) is 5.57. The van der Waals surface area contributed by atoms with E-state index >= 15 is 0 Å². The third-order valence-corrected chi connectivity index (χ3v) is 3.75. The summed E-state index contributed by atoms with van der Waals surface area (Å²) in [7, 11) is 0. The second-order valence-corrected chi connectivity index (χ2v) is 6.06. The molecule has 0 saturated heterocycles. The van der Waals surface area contributed by atoms with Crippen molar-refractivity contribution in [1.29, 1.82) is 0 Å². The molecule has 0 aliphatic carbocycles. The number of carboxylic acids is 1. The maximum atomic E-state index is 10.6. The van der Waals surface area contributed by atoms with Crippen molar-refractivity contribution >= 4 is 39.7 Å².